The molecule has 0 radical (unpaired) electrons. The molecule has 0 fully saturated rings. The molecule has 2 aromatic rings. The fourth-order valence-electron chi connectivity index (χ4n) is 1.98. The van der Waals surface area contributed by atoms with E-state index in [1.54, 1.807) is 6.20 Å². The highest BCUT2D eigenvalue weighted by Gasteiger charge is 2.20. The first-order chi connectivity index (χ1) is 9.26. The van der Waals surface area contributed by atoms with E-state index in [9.17, 15) is 4.79 Å². The van der Waals surface area contributed by atoms with E-state index >= 15 is 0 Å². The van der Waals surface area contributed by atoms with Crippen LogP contribution in [0.4, 0.5) is 5.82 Å². The predicted octanol–water partition coefficient (Wildman–Crippen LogP) is 1.65. The van der Waals surface area contributed by atoms with Crippen molar-refractivity contribution in [3.05, 3.63) is 47.7 Å². The highest BCUT2D eigenvalue weighted by atomic mass is 16.2. The minimum absolute atomic E-state index is 0.118. The largest absolute Gasteiger partial charge is 0.329 e. The second-order valence-electron chi connectivity index (χ2n) is 4.31. The van der Waals surface area contributed by atoms with Crippen molar-refractivity contribution in [1.29, 1.82) is 0 Å². The van der Waals surface area contributed by atoms with E-state index < -0.39 is 0 Å². The molecule has 1 aromatic heterocycles. The van der Waals surface area contributed by atoms with Crippen LogP contribution in [0.3, 0.4) is 0 Å². The first kappa shape index (κ1) is 13.3. The van der Waals surface area contributed by atoms with Gasteiger partial charge < -0.3 is 11.1 Å². The summed E-state index contributed by atoms with van der Waals surface area (Å²) in [7, 11) is 0. The third-order valence-electron chi connectivity index (χ3n) is 3.10. The van der Waals surface area contributed by atoms with Crippen LogP contribution in [0.1, 0.15) is 24.0 Å². The van der Waals surface area contributed by atoms with Crippen molar-refractivity contribution in [1.82, 2.24) is 10.2 Å². The van der Waals surface area contributed by atoms with Gasteiger partial charge in [0.15, 0.2) is 0 Å². The number of rotatable bonds is 5. The number of nitrogens with zero attached hydrogens (tertiary/aromatic N) is 1. The van der Waals surface area contributed by atoms with Crippen LogP contribution in [0.2, 0.25) is 0 Å². The summed E-state index contributed by atoms with van der Waals surface area (Å²) in [5, 5.41) is 9.58. The van der Waals surface area contributed by atoms with Crippen LogP contribution in [0.5, 0.6) is 0 Å². The zero-order valence-electron chi connectivity index (χ0n) is 10.9. The highest BCUT2D eigenvalue weighted by molar-refractivity contribution is 5.95. The van der Waals surface area contributed by atoms with Gasteiger partial charge >= 0.3 is 0 Å². The molecule has 0 bridgehead atoms. The fraction of sp³-hybridized carbons (Fsp3) is 0.286. The molecule has 100 valence electrons. The van der Waals surface area contributed by atoms with Gasteiger partial charge in [0.05, 0.1) is 12.1 Å². The minimum atomic E-state index is -0.353. The summed E-state index contributed by atoms with van der Waals surface area (Å²) >= 11 is 0. The van der Waals surface area contributed by atoms with Crippen LogP contribution in [0.25, 0.3) is 0 Å². The van der Waals surface area contributed by atoms with E-state index in [4.69, 9.17) is 5.73 Å². The Hall–Kier alpha value is -2.14. The number of nitrogens with one attached hydrogen (secondary N) is 2. The lowest BCUT2D eigenvalue weighted by Crippen LogP contribution is -2.27. The number of H-pyrrole nitrogens is 1. The number of benzene rings is 1. The van der Waals surface area contributed by atoms with Crippen molar-refractivity contribution in [2.45, 2.75) is 19.3 Å². The first-order valence-electron chi connectivity index (χ1n) is 6.34. The normalized spacial score (nSPS) is 12.1. The second-order valence-corrected chi connectivity index (χ2v) is 4.31. The van der Waals surface area contributed by atoms with Crippen LogP contribution in [0.15, 0.2) is 36.5 Å². The Bertz CT molecular complexity index is 535. The number of nitrogens with two attached hydrogens (primary N) is 1. The smallest absolute Gasteiger partial charge is 0.234 e. The summed E-state index contributed by atoms with van der Waals surface area (Å²) in [5.41, 5.74) is 7.62. The summed E-state index contributed by atoms with van der Waals surface area (Å²) in [6.45, 7) is 2.28. The Morgan fingerprint density at radius 2 is 2.16 bits per heavy atom. The third-order valence-corrected chi connectivity index (χ3v) is 3.10. The molecular weight excluding hydrogens is 240 g/mol. The molecular formula is C14H18N4O. The maximum Gasteiger partial charge on any atom is 0.234 e. The van der Waals surface area contributed by atoms with Gasteiger partial charge in [-0.25, -0.2) is 0 Å². The van der Waals surface area contributed by atoms with Gasteiger partial charge in [-0.3, -0.25) is 9.89 Å². The van der Waals surface area contributed by atoms with E-state index in [-0.39, 0.29) is 18.4 Å². The third kappa shape index (κ3) is 3.00. The SMILES string of the molecule is CCc1cn[nH]c1NC(=O)C(CN)c1ccccc1. The summed E-state index contributed by atoms with van der Waals surface area (Å²) in [5.74, 6) is 0.184. The molecule has 0 aliphatic rings. The van der Waals surface area contributed by atoms with E-state index in [1.165, 1.54) is 0 Å². The lowest BCUT2D eigenvalue weighted by Gasteiger charge is -2.15. The zero-order chi connectivity index (χ0) is 13.7. The number of carbonyl (C=O) groups is 1. The molecule has 1 heterocycles. The molecule has 19 heavy (non-hydrogen) atoms. The van der Waals surface area contributed by atoms with E-state index in [2.05, 4.69) is 15.5 Å². The molecule has 0 saturated carbocycles. The number of aromatic amines is 1. The van der Waals surface area contributed by atoms with Gasteiger partial charge in [-0.15, -0.1) is 0 Å². The number of aromatic nitrogens is 2. The van der Waals surface area contributed by atoms with Gasteiger partial charge in [0, 0.05) is 12.1 Å². The number of anilines is 1. The molecule has 1 unspecified atom stereocenters. The summed E-state index contributed by atoms with van der Waals surface area (Å²) in [6, 6.07) is 9.53. The Morgan fingerprint density at radius 1 is 1.42 bits per heavy atom. The number of aryl methyl sites for hydroxylation is 1. The zero-order valence-corrected chi connectivity index (χ0v) is 10.9. The molecule has 4 N–H and O–H groups in total. The van der Waals surface area contributed by atoms with Gasteiger partial charge in [-0.2, -0.15) is 5.10 Å². The van der Waals surface area contributed by atoms with Crippen LogP contribution >= 0.6 is 0 Å². The molecule has 0 spiro atoms. The Kier molecular flexibility index (Phi) is 4.30. The summed E-state index contributed by atoms with van der Waals surface area (Å²) < 4.78 is 0. The number of carbonyl (C=O) groups excluding carboxylic acids is 1. The first-order valence-corrected chi connectivity index (χ1v) is 6.34. The molecule has 1 aromatic carbocycles. The van der Waals surface area contributed by atoms with Crippen molar-refractivity contribution in [2.24, 2.45) is 5.73 Å². The van der Waals surface area contributed by atoms with Crippen LogP contribution < -0.4 is 11.1 Å². The van der Waals surface area contributed by atoms with Crippen LogP contribution in [-0.2, 0) is 11.2 Å². The molecule has 0 aliphatic carbocycles. The molecule has 5 heteroatoms. The van der Waals surface area contributed by atoms with Crippen molar-refractivity contribution >= 4 is 11.7 Å². The topological polar surface area (TPSA) is 83.8 Å². The monoisotopic (exact) mass is 258 g/mol. The Morgan fingerprint density at radius 3 is 2.79 bits per heavy atom. The maximum atomic E-state index is 12.3. The number of amides is 1. The van der Waals surface area contributed by atoms with E-state index in [1.807, 2.05) is 37.3 Å². The quantitative estimate of drug-likeness (QED) is 0.762. The number of hydrogen-bond acceptors (Lipinski definition) is 3. The van der Waals surface area contributed by atoms with E-state index in [0.717, 1.165) is 17.5 Å². The van der Waals surface area contributed by atoms with Crippen LogP contribution in [-0.4, -0.2) is 22.6 Å². The minimum Gasteiger partial charge on any atom is -0.329 e. The maximum absolute atomic E-state index is 12.3. The molecule has 1 amide bonds. The van der Waals surface area contributed by atoms with Crippen LogP contribution in [0, 0.1) is 0 Å². The standard InChI is InChI=1S/C14H18N4O/c1-2-10-9-16-18-13(10)17-14(19)12(8-15)11-6-4-3-5-7-11/h3-7,9,12H,2,8,15H2,1H3,(H2,16,17,18,19). The van der Waals surface area contributed by atoms with Gasteiger partial charge in [0.1, 0.15) is 5.82 Å². The van der Waals surface area contributed by atoms with Gasteiger partial charge in [0.25, 0.3) is 0 Å². The fourth-order valence-corrected chi connectivity index (χ4v) is 1.98. The molecule has 0 saturated heterocycles. The summed E-state index contributed by atoms with van der Waals surface area (Å²) in [6.07, 6.45) is 2.53. The lowest BCUT2D eigenvalue weighted by atomic mass is 9.98. The number of hydrogen-bond donors (Lipinski definition) is 3. The average molecular weight is 258 g/mol. The van der Waals surface area contributed by atoms with Gasteiger partial charge in [0.2, 0.25) is 5.91 Å². The predicted molar refractivity (Wildman–Crippen MR) is 74.8 cm³/mol. The average Bonchev–Trinajstić information content (AvgIpc) is 2.88. The molecule has 0 aliphatic heterocycles. The van der Waals surface area contributed by atoms with Gasteiger partial charge in [-0.1, -0.05) is 37.3 Å². The highest BCUT2D eigenvalue weighted by Crippen LogP contribution is 2.18. The summed E-state index contributed by atoms with van der Waals surface area (Å²) in [4.78, 5) is 12.3. The molecule has 1 atom stereocenters. The molecule has 5 nitrogen and oxygen atoms in total. The van der Waals surface area contributed by atoms with Crippen molar-refractivity contribution in [2.75, 3.05) is 11.9 Å². The van der Waals surface area contributed by atoms with Crippen molar-refractivity contribution in [3.63, 3.8) is 0 Å². The molecule has 2 rings (SSSR count). The Balaban J connectivity index is 2.14. The lowest BCUT2D eigenvalue weighted by molar-refractivity contribution is -0.117. The van der Waals surface area contributed by atoms with Crippen molar-refractivity contribution < 1.29 is 4.79 Å². The van der Waals surface area contributed by atoms with Gasteiger partial charge in [-0.05, 0) is 12.0 Å². The van der Waals surface area contributed by atoms with E-state index in [0.29, 0.717) is 5.82 Å². The Labute approximate surface area is 112 Å². The second kappa shape index (κ2) is 6.15. The van der Waals surface area contributed by atoms with Crippen molar-refractivity contribution in [3.8, 4) is 0 Å².